The van der Waals surface area contributed by atoms with Crippen molar-refractivity contribution < 1.29 is 24.2 Å². The van der Waals surface area contributed by atoms with Crippen molar-refractivity contribution in [3.05, 3.63) is 64.7 Å². The van der Waals surface area contributed by atoms with E-state index in [9.17, 15) is 14.4 Å². The summed E-state index contributed by atoms with van der Waals surface area (Å²) in [6.07, 6.45) is 0. The molecule has 0 aliphatic carbocycles. The molecule has 0 spiro atoms. The Morgan fingerprint density at radius 1 is 1.19 bits per heavy atom. The number of ether oxygens (including phenoxy) is 1. The smallest absolute Gasteiger partial charge is 0.341 e. The monoisotopic (exact) mass is 350 g/mol. The van der Waals surface area contributed by atoms with Crippen LogP contribution >= 0.6 is 0 Å². The summed E-state index contributed by atoms with van der Waals surface area (Å²) in [5.74, 6) is -1.22. The molecule has 0 bridgehead atoms. The first-order valence-electron chi connectivity index (χ1n) is 7.78. The Hall–Kier alpha value is -3.66. The maximum atomic E-state index is 12.4. The van der Waals surface area contributed by atoms with Gasteiger partial charge in [-0.05, 0) is 48.0 Å². The fourth-order valence-corrected chi connectivity index (χ4v) is 2.72. The zero-order chi connectivity index (χ0) is 18.7. The van der Waals surface area contributed by atoms with Gasteiger partial charge in [-0.15, -0.1) is 0 Å². The van der Waals surface area contributed by atoms with Crippen molar-refractivity contribution in [2.75, 3.05) is 13.2 Å². The van der Waals surface area contributed by atoms with Gasteiger partial charge in [0.1, 0.15) is 5.75 Å². The van der Waals surface area contributed by atoms with Crippen molar-refractivity contribution in [3.8, 4) is 11.8 Å². The second kappa shape index (κ2) is 7.07. The molecule has 0 saturated heterocycles. The van der Waals surface area contributed by atoms with Crippen molar-refractivity contribution in [1.29, 1.82) is 5.26 Å². The Kier molecular flexibility index (Phi) is 4.67. The Morgan fingerprint density at radius 3 is 2.58 bits per heavy atom. The molecule has 0 saturated carbocycles. The third-order valence-electron chi connectivity index (χ3n) is 3.99. The van der Waals surface area contributed by atoms with E-state index in [1.165, 1.54) is 29.2 Å². The van der Waals surface area contributed by atoms with Crippen molar-refractivity contribution in [1.82, 2.24) is 4.90 Å². The van der Waals surface area contributed by atoms with E-state index >= 15 is 0 Å². The molecule has 7 heteroatoms. The fourth-order valence-electron chi connectivity index (χ4n) is 2.72. The third kappa shape index (κ3) is 3.54. The molecule has 2 aromatic rings. The largest absolute Gasteiger partial charge is 0.482 e. The van der Waals surface area contributed by atoms with Crippen LogP contribution in [0.1, 0.15) is 31.8 Å². The van der Waals surface area contributed by atoms with Gasteiger partial charge in [0.15, 0.2) is 12.4 Å². The summed E-state index contributed by atoms with van der Waals surface area (Å²) in [5, 5.41) is 17.5. The summed E-state index contributed by atoms with van der Waals surface area (Å²) in [5.41, 5.74) is 2.12. The van der Waals surface area contributed by atoms with Crippen molar-refractivity contribution in [3.63, 3.8) is 0 Å². The number of ketones is 1. The normalized spacial score (nSPS) is 12.4. The molecule has 1 N–H and O–H groups in total. The summed E-state index contributed by atoms with van der Waals surface area (Å²) in [4.78, 5) is 36.7. The molecule has 1 aliphatic heterocycles. The average Bonchev–Trinajstić information content (AvgIpc) is 2.95. The first-order valence-corrected chi connectivity index (χ1v) is 7.78. The van der Waals surface area contributed by atoms with E-state index in [2.05, 4.69) is 0 Å². The highest BCUT2D eigenvalue weighted by atomic mass is 16.5. The molecule has 0 atom stereocenters. The second-order valence-electron chi connectivity index (χ2n) is 5.77. The number of rotatable bonds is 6. The van der Waals surface area contributed by atoms with Crippen LogP contribution in [-0.4, -0.2) is 40.8 Å². The molecule has 1 heterocycles. The van der Waals surface area contributed by atoms with Crippen LogP contribution in [0.4, 0.5) is 0 Å². The van der Waals surface area contributed by atoms with Crippen molar-refractivity contribution in [2.24, 2.45) is 0 Å². The summed E-state index contributed by atoms with van der Waals surface area (Å²) < 4.78 is 5.02. The summed E-state index contributed by atoms with van der Waals surface area (Å²) in [6.45, 7) is -0.252. The topological polar surface area (TPSA) is 108 Å². The van der Waals surface area contributed by atoms with E-state index in [1.54, 1.807) is 18.2 Å². The molecule has 0 unspecified atom stereocenters. The molecular formula is C19H14N2O5. The fraction of sp³-hybridized carbons (Fsp3) is 0.158. The van der Waals surface area contributed by atoms with Gasteiger partial charge >= 0.3 is 5.97 Å². The first-order chi connectivity index (χ1) is 12.5. The van der Waals surface area contributed by atoms with Crippen molar-refractivity contribution in [2.45, 2.75) is 6.54 Å². The quantitative estimate of drug-likeness (QED) is 0.797. The minimum absolute atomic E-state index is 0.0786. The molecule has 0 fully saturated rings. The van der Waals surface area contributed by atoms with Crippen molar-refractivity contribution >= 4 is 17.7 Å². The first kappa shape index (κ1) is 17.2. The predicted molar refractivity (Wildman–Crippen MR) is 89.8 cm³/mol. The number of nitrogens with zero attached hydrogens (tertiary/aromatic N) is 2. The van der Waals surface area contributed by atoms with Gasteiger partial charge in [0.05, 0.1) is 18.2 Å². The SMILES string of the molecule is N#Cc1ccc2c(c1)CN(CC(=O)c1ccc(OCC(=O)O)cc1)C2=O. The maximum Gasteiger partial charge on any atom is 0.341 e. The Bertz CT molecular complexity index is 928. The zero-order valence-electron chi connectivity index (χ0n) is 13.6. The molecule has 0 radical (unpaired) electrons. The van der Waals surface area contributed by atoms with Gasteiger partial charge in [-0.3, -0.25) is 9.59 Å². The van der Waals surface area contributed by atoms with Crippen LogP contribution in [0.5, 0.6) is 5.75 Å². The van der Waals surface area contributed by atoms with E-state index in [0.717, 1.165) is 5.56 Å². The third-order valence-corrected chi connectivity index (χ3v) is 3.99. The molecule has 1 amide bonds. The van der Waals surface area contributed by atoms with Crippen LogP contribution in [0.3, 0.4) is 0 Å². The van der Waals surface area contributed by atoms with Gasteiger partial charge in [-0.1, -0.05) is 0 Å². The maximum absolute atomic E-state index is 12.4. The standard InChI is InChI=1S/C19H14N2O5/c20-8-12-1-6-16-14(7-12)9-21(19(16)25)10-17(22)13-2-4-15(5-3-13)26-11-18(23)24/h1-7H,9-11H2,(H,23,24). The number of hydrogen-bond acceptors (Lipinski definition) is 5. The number of fused-ring (bicyclic) bond motifs is 1. The van der Waals surface area contributed by atoms with Crippen LogP contribution in [0.25, 0.3) is 0 Å². The lowest BCUT2D eigenvalue weighted by molar-refractivity contribution is -0.139. The van der Waals surface area contributed by atoms with E-state index in [-0.39, 0.29) is 24.8 Å². The van der Waals surface area contributed by atoms with Gasteiger partial charge in [0.2, 0.25) is 0 Å². The number of Topliss-reactive ketones (excluding diaryl/α,β-unsaturated/α-hetero) is 1. The zero-order valence-corrected chi connectivity index (χ0v) is 13.6. The summed E-state index contributed by atoms with van der Waals surface area (Å²) >= 11 is 0. The van der Waals surface area contributed by atoms with Crippen LogP contribution < -0.4 is 4.74 Å². The van der Waals surface area contributed by atoms with Crippen LogP contribution in [0.15, 0.2) is 42.5 Å². The minimum atomic E-state index is -1.09. The van der Waals surface area contributed by atoms with Gasteiger partial charge < -0.3 is 14.7 Å². The average molecular weight is 350 g/mol. The van der Waals surface area contributed by atoms with Crippen LogP contribution in [0, 0.1) is 11.3 Å². The summed E-state index contributed by atoms with van der Waals surface area (Å²) in [6, 6.07) is 13.0. The number of aliphatic carboxylic acids is 1. The number of carboxylic acids is 1. The number of nitriles is 1. The molecule has 2 aromatic carbocycles. The Morgan fingerprint density at radius 2 is 1.92 bits per heavy atom. The molecule has 3 rings (SSSR count). The van der Waals surface area contributed by atoms with Crippen LogP contribution in [0.2, 0.25) is 0 Å². The Labute approximate surface area is 149 Å². The van der Waals surface area contributed by atoms with Crippen LogP contribution in [-0.2, 0) is 11.3 Å². The van der Waals surface area contributed by atoms with E-state index < -0.39 is 12.6 Å². The lowest BCUT2D eigenvalue weighted by Gasteiger charge is -2.14. The van der Waals surface area contributed by atoms with E-state index in [4.69, 9.17) is 15.1 Å². The lowest BCUT2D eigenvalue weighted by atomic mass is 10.1. The molecular weight excluding hydrogens is 336 g/mol. The van der Waals surface area contributed by atoms with E-state index in [1.807, 2.05) is 6.07 Å². The Balaban J connectivity index is 1.66. The number of hydrogen-bond donors (Lipinski definition) is 1. The van der Waals surface area contributed by atoms with Gasteiger partial charge in [0, 0.05) is 17.7 Å². The summed E-state index contributed by atoms with van der Waals surface area (Å²) in [7, 11) is 0. The van der Waals surface area contributed by atoms with Gasteiger partial charge in [-0.2, -0.15) is 5.26 Å². The highest BCUT2D eigenvalue weighted by Gasteiger charge is 2.29. The number of benzene rings is 2. The second-order valence-corrected chi connectivity index (χ2v) is 5.77. The molecule has 26 heavy (non-hydrogen) atoms. The molecule has 1 aliphatic rings. The number of carbonyl (C=O) groups is 3. The minimum Gasteiger partial charge on any atom is -0.482 e. The van der Waals surface area contributed by atoms with Gasteiger partial charge in [-0.25, -0.2) is 4.79 Å². The number of amides is 1. The predicted octanol–water partition coefficient (Wildman–Crippen LogP) is 1.86. The molecule has 0 aromatic heterocycles. The molecule has 130 valence electrons. The highest BCUT2D eigenvalue weighted by molar-refractivity contribution is 6.04. The van der Waals surface area contributed by atoms with E-state index in [0.29, 0.717) is 22.4 Å². The number of carboxylic acid groups (broad SMARTS) is 1. The molecule has 7 nitrogen and oxygen atoms in total. The number of carbonyl (C=O) groups excluding carboxylic acids is 2. The highest BCUT2D eigenvalue weighted by Crippen LogP contribution is 2.24. The van der Waals surface area contributed by atoms with Gasteiger partial charge in [0.25, 0.3) is 5.91 Å². The lowest BCUT2D eigenvalue weighted by Crippen LogP contribution is -2.30.